The van der Waals surface area contributed by atoms with Crippen molar-refractivity contribution in [2.45, 2.75) is 6.92 Å². The molecule has 0 aliphatic heterocycles. The Bertz CT molecular complexity index is 701. The van der Waals surface area contributed by atoms with E-state index in [0.717, 1.165) is 22.7 Å². The van der Waals surface area contributed by atoms with Crippen LogP contribution in [-0.4, -0.2) is 16.5 Å². The van der Waals surface area contributed by atoms with E-state index in [1.165, 1.54) is 5.56 Å². The van der Waals surface area contributed by atoms with Gasteiger partial charge in [0.1, 0.15) is 11.4 Å². The number of nitrogens with zero attached hydrogens (tertiary/aromatic N) is 2. The predicted octanol–water partition coefficient (Wildman–Crippen LogP) is 3.32. The second-order valence-electron chi connectivity index (χ2n) is 4.25. The van der Waals surface area contributed by atoms with Crippen molar-refractivity contribution >= 4 is 5.65 Å². The topological polar surface area (TPSA) is 26.5 Å². The average molecular weight is 238 g/mol. The molecule has 0 amide bonds. The Morgan fingerprint density at radius 2 is 1.94 bits per heavy atom. The van der Waals surface area contributed by atoms with Crippen LogP contribution < -0.4 is 4.74 Å². The quantitative estimate of drug-likeness (QED) is 0.684. The number of benzene rings is 1. The number of rotatable bonds is 2. The summed E-state index contributed by atoms with van der Waals surface area (Å²) in [6.45, 7) is 2.06. The lowest BCUT2D eigenvalue weighted by Gasteiger charge is -2.04. The molecule has 1 aromatic carbocycles. The molecule has 3 rings (SSSR count). The smallest absolute Gasteiger partial charge is 0.140 e. The maximum absolute atomic E-state index is 5.38. The van der Waals surface area contributed by atoms with E-state index in [0.29, 0.717) is 0 Å². The highest BCUT2D eigenvalue weighted by atomic mass is 16.5. The third-order valence-corrected chi connectivity index (χ3v) is 3.06. The molecule has 18 heavy (non-hydrogen) atoms. The van der Waals surface area contributed by atoms with Crippen LogP contribution in [0.2, 0.25) is 0 Å². The molecule has 0 saturated heterocycles. The lowest BCUT2D eigenvalue weighted by Crippen LogP contribution is -1.87. The second kappa shape index (κ2) is 4.18. The van der Waals surface area contributed by atoms with Crippen molar-refractivity contribution in [3.8, 4) is 17.0 Å². The van der Waals surface area contributed by atoms with Gasteiger partial charge in [0.05, 0.1) is 12.8 Å². The van der Waals surface area contributed by atoms with Gasteiger partial charge in [-0.25, -0.2) is 4.98 Å². The molecular weight excluding hydrogens is 224 g/mol. The van der Waals surface area contributed by atoms with Crippen molar-refractivity contribution in [2.24, 2.45) is 0 Å². The summed E-state index contributed by atoms with van der Waals surface area (Å²) >= 11 is 0. The lowest BCUT2D eigenvalue weighted by atomic mass is 10.1. The molecule has 0 N–H and O–H groups in total. The first-order valence-corrected chi connectivity index (χ1v) is 5.87. The number of ether oxygens (including phenoxy) is 1. The molecule has 0 unspecified atom stereocenters. The Morgan fingerprint density at radius 1 is 1.11 bits per heavy atom. The molecule has 0 aliphatic rings. The minimum absolute atomic E-state index is 0.846. The molecule has 0 bridgehead atoms. The van der Waals surface area contributed by atoms with Crippen molar-refractivity contribution in [2.75, 3.05) is 7.11 Å². The van der Waals surface area contributed by atoms with E-state index in [1.54, 1.807) is 7.11 Å². The molecule has 0 aliphatic carbocycles. The summed E-state index contributed by atoms with van der Waals surface area (Å²) in [5.41, 5.74) is 4.10. The van der Waals surface area contributed by atoms with Gasteiger partial charge in [0.25, 0.3) is 0 Å². The molecule has 0 spiro atoms. The fraction of sp³-hybridized carbons (Fsp3) is 0.133. The molecule has 2 aromatic heterocycles. The molecule has 0 saturated carbocycles. The van der Waals surface area contributed by atoms with Crippen LogP contribution in [0.3, 0.4) is 0 Å². The van der Waals surface area contributed by atoms with Crippen molar-refractivity contribution in [3.63, 3.8) is 0 Å². The van der Waals surface area contributed by atoms with Gasteiger partial charge in [-0.15, -0.1) is 0 Å². The largest absolute Gasteiger partial charge is 0.496 e. The van der Waals surface area contributed by atoms with E-state index < -0.39 is 0 Å². The summed E-state index contributed by atoms with van der Waals surface area (Å²) < 4.78 is 7.42. The van der Waals surface area contributed by atoms with Gasteiger partial charge in [-0.2, -0.15) is 0 Å². The summed E-state index contributed by atoms with van der Waals surface area (Å²) in [6, 6.07) is 12.0. The Labute approximate surface area is 106 Å². The van der Waals surface area contributed by atoms with Gasteiger partial charge >= 0.3 is 0 Å². The highest BCUT2D eigenvalue weighted by Gasteiger charge is 2.09. The normalized spacial score (nSPS) is 10.8. The lowest BCUT2D eigenvalue weighted by molar-refractivity contribution is 0.416. The molecule has 90 valence electrons. The zero-order chi connectivity index (χ0) is 12.5. The zero-order valence-corrected chi connectivity index (χ0v) is 10.4. The monoisotopic (exact) mass is 238 g/mol. The van der Waals surface area contributed by atoms with Crippen LogP contribution >= 0.6 is 0 Å². The van der Waals surface area contributed by atoms with E-state index in [-0.39, 0.29) is 0 Å². The average Bonchev–Trinajstić information content (AvgIpc) is 2.84. The van der Waals surface area contributed by atoms with Gasteiger partial charge in [-0.05, 0) is 30.7 Å². The van der Waals surface area contributed by atoms with E-state index in [9.17, 15) is 0 Å². The van der Waals surface area contributed by atoms with E-state index in [2.05, 4.69) is 18.0 Å². The number of pyridine rings is 1. The van der Waals surface area contributed by atoms with Crippen LogP contribution in [0.1, 0.15) is 5.56 Å². The molecule has 2 heterocycles. The molecule has 0 radical (unpaired) electrons. The summed E-state index contributed by atoms with van der Waals surface area (Å²) in [7, 11) is 1.68. The maximum atomic E-state index is 5.38. The number of aryl methyl sites for hydroxylation is 1. The van der Waals surface area contributed by atoms with Crippen molar-refractivity contribution < 1.29 is 4.74 Å². The molecule has 0 fully saturated rings. The fourth-order valence-electron chi connectivity index (χ4n) is 2.14. The Kier molecular flexibility index (Phi) is 2.52. The van der Waals surface area contributed by atoms with Crippen LogP contribution in [0.25, 0.3) is 16.9 Å². The van der Waals surface area contributed by atoms with Crippen LogP contribution in [0.4, 0.5) is 0 Å². The molecule has 3 heteroatoms. The predicted molar refractivity (Wildman–Crippen MR) is 71.9 cm³/mol. The minimum atomic E-state index is 0.846. The van der Waals surface area contributed by atoms with Gasteiger partial charge in [0, 0.05) is 18.0 Å². The Morgan fingerprint density at radius 3 is 2.72 bits per heavy atom. The third kappa shape index (κ3) is 1.64. The van der Waals surface area contributed by atoms with Gasteiger partial charge < -0.3 is 9.14 Å². The zero-order valence-electron chi connectivity index (χ0n) is 10.4. The number of hydrogen-bond donors (Lipinski definition) is 0. The SMILES string of the molecule is COc1ccccc1-c1cn2cccc(C)c2n1. The van der Waals surface area contributed by atoms with Gasteiger partial charge in [-0.3, -0.25) is 0 Å². The van der Waals surface area contributed by atoms with Crippen molar-refractivity contribution in [1.29, 1.82) is 0 Å². The molecular formula is C15H14N2O. The first-order valence-electron chi connectivity index (χ1n) is 5.87. The third-order valence-electron chi connectivity index (χ3n) is 3.06. The maximum Gasteiger partial charge on any atom is 0.140 e. The number of methoxy groups -OCH3 is 1. The van der Waals surface area contributed by atoms with Crippen LogP contribution in [0.5, 0.6) is 5.75 Å². The van der Waals surface area contributed by atoms with Gasteiger partial charge in [-0.1, -0.05) is 18.2 Å². The van der Waals surface area contributed by atoms with Crippen molar-refractivity contribution in [1.82, 2.24) is 9.38 Å². The summed E-state index contributed by atoms with van der Waals surface area (Å²) in [5, 5.41) is 0. The molecule has 3 aromatic rings. The van der Waals surface area contributed by atoms with Crippen LogP contribution in [0, 0.1) is 6.92 Å². The Balaban J connectivity index is 2.23. The Hall–Kier alpha value is -2.29. The molecule has 0 atom stereocenters. The summed E-state index contributed by atoms with van der Waals surface area (Å²) in [6.07, 6.45) is 4.04. The van der Waals surface area contributed by atoms with E-state index >= 15 is 0 Å². The molecule has 3 nitrogen and oxygen atoms in total. The van der Waals surface area contributed by atoms with Crippen LogP contribution in [0.15, 0.2) is 48.8 Å². The number of fused-ring (bicyclic) bond motifs is 1. The number of imidazole rings is 1. The van der Waals surface area contributed by atoms with Crippen molar-refractivity contribution in [3.05, 3.63) is 54.4 Å². The summed E-state index contributed by atoms with van der Waals surface area (Å²) in [5.74, 6) is 0.846. The first kappa shape index (κ1) is 10.8. The first-order chi connectivity index (χ1) is 8.79. The fourth-order valence-corrected chi connectivity index (χ4v) is 2.14. The highest BCUT2D eigenvalue weighted by Crippen LogP contribution is 2.29. The van der Waals surface area contributed by atoms with E-state index in [4.69, 9.17) is 4.74 Å². The standard InChI is InChI=1S/C15H14N2O/c1-11-6-5-9-17-10-13(16-15(11)17)12-7-3-4-8-14(12)18-2/h3-10H,1-2H3. The van der Waals surface area contributed by atoms with E-state index in [1.807, 2.05) is 47.1 Å². The highest BCUT2D eigenvalue weighted by molar-refractivity contribution is 5.69. The van der Waals surface area contributed by atoms with Gasteiger partial charge in [0.15, 0.2) is 0 Å². The summed E-state index contributed by atoms with van der Waals surface area (Å²) in [4.78, 5) is 4.67. The second-order valence-corrected chi connectivity index (χ2v) is 4.25. The number of para-hydroxylation sites is 1. The van der Waals surface area contributed by atoms with Gasteiger partial charge in [0.2, 0.25) is 0 Å². The number of aromatic nitrogens is 2. The van der Waals surface area contributed by atoms with Crippen LogP contribution in [-0.2, 0) is 0 Å². The minimum Gasteiger partial charge on any atom is -0.496 e. The number of hydrogen-bond acceptors (Lipinski definition) is 2.